The number of nitrogens with one attached hydrogen (secondary N) is 1. The zero-order chi connectivity index (χ0) is 24.6. The maximum absolute atomic E-state index is 12.7. The monoisotopic (exact) mass is 469 g/mol. The van der Waals surface area contributed by atoms with Crippen molar-refractivity contribution < 1.29 is 13.9 Å². The summed E-state index contributed by atoms with van der Waals surface area (Å²) in [5.74, 6) is 2.03. The van der Waals surface area contributed by atoms with E-state index in [0.717, 1.165) is 33.9 Å². The molecular weight excluding hydrogens is 438 g/mol. The molecule has 1 atom stereocenters. The molecule has 4 aromatic rings. The Kier molecular flexibility index (Phi) is 7.95. The second-order valence-corrected chi connectivity index (χ2v) is 8.54. The highest BCUT2D eigenvalue weighted by molar-refractivity contribution is 5.78. The molecule has 6 heteroatoms. The van der Waals surface area contributed by atoms with Crippen LogP contribution >= 0.6 is 0 Å². The normalized spacial score (nSPS) is 11.9. The lowest BCUT2D eigenvalue weighted by molar-refractivity contribution is -0.121. The van der Waals surface area contributed by atoms with Gasteiger partial charge in [-0.1, -0.05) is 78.9 Å². The maximum Gasteiger partial charge on any atom is 0.220 e. The number of carbonyl (C=O) groups excluding carboxylic acids is 1. The van der Waals surface area contributed by atoms with Crippen LogP contribution in [0.4, 0.5) is 0 Å². The minimum Gasteiger partial charge on any atom is -0.496 e. The van der Waals surface area contributed by atoms with Gasteiger partial charge in [-0.2, -0.15) is 0 Å². The standard InChI is InChI=1S/C29H31N3O3/c1-32(2)24(23-16-10-11-17-25(23)34-3)20-30-26(33)18-19-27-31-28(21-12-6-4-7-13-21)29(35-27)22-14-8-5-9-15-22/h4-17,24H,18-20H2,1-3H3,(H,30,33). The van der Waals surface area contributed by atoms with E-state index in [-0.39, 0.29) is 18.4 Å². The van der Waals surface area contributed by atoms with Crippen molar-refractivity contribution in [3.8, 4) is 28.3 Å². The third kappa shape index (κ3) is 5.97. The number of nitrogens with zero attached hydrogens (tertiary/aromatic N) is 2. The number of rotatable bonds is 10. The molecule has 4 rings (SSSR count). The molecule has 35 heavy (non-hydrogen) atoms. The molecule has 0 aliphatic heterocycles. The van der Waals surface area contributed by atoms with E-state index in [4.69, 9.17) is 14.1 Å². The van der Waals surface area contributed by atoms with Crippen LogP contribution in [0.2, 0.25) is 0 Å². The topological polar surface area (TPSA) is 67.6 Å². The molecule has 1 unspecified atom stereocenters. The van der Waals surface area contributed by atoms with Gasteiger partial charge in [0.1, 0.15) is 11.4 Å². The molecule has 1 amide bonds. The molecule has 0 spiro atoms. The maximum atomic E-state index is 12.7. The molecule has 1 heterocycles. The van der Waals surface area contributed by atoms with E-state index in [0.29, 0.717) is 18.9 Å². The lowest BCUT2D eigenvalue weighted by atomic mass is 10.0. The van der Waals surface area contributed by atoms with Crippen molar-refractivity contribution in [3.05, 3.63) is 96.4 Å². The molecule has 0 radical (unpaired) electrons. The van der Waals surface area contributed by atoms with Gasteiger partial charge in [0.05, 0.1) is 13.2 Å². The Morgan fingerprint density at radius 3 is 2.23 bits per heavy atom. The van der Waals surface area contributed by atoms with Crippen LogP contribution in [0, 0.1) is 0 Å². The number of para-hydroxylation sites is 1. The number of oxazole rings is 1. The second-order valence-electron chi connectivity index (χ2n) is 8.54. The summed E-state index contributed by atoms with van der Waals surface area (Å²) in [5, 5.41) is 3.06. The Morgan fingerprint density at radius 1 is 0.943 bits per heavy atom. The number of aromatic nitrogens is 1. The van der Waals surface area contributed by atoms with Gasteiger partial charge in [0.25, 0.3) is 0 Å². The minimum absolute atomic E-state index is 0.00814. The summed E-state index contributed by atoms with van der Waals surface area (Å²) in [7, 11) is 5.65. The largest absolute Gasteiger partial charge is 0.496 e. The molecule has 0 bridgehead atoms. The first-order chi connectivity index (χ1) is 17.1. The van der Waals surface area contributed by atoms with Gasteiger partial charge in [-0.15, -0.1) is 0 Å². The van der Waals surface area contributed by atoms with Crippen LogP contribution in [0.3, 0.4) is 0 Å². The quantitative estimate of drug-likeness (QED) is 0.338. The Morgan fingerprint density at radius 2 is 1.57 bits per heavy atom. The van der Waals surface area contributed by atoms with E-state index in [1.54, 1.807) is 7.11 Å². The smallest absolute Gasteiger partial charge is 0.220 e. The third-order valence-electron chi connectivity index (χ3n) is 5.93. The number of carbonyl (C=O) groups is 1. The average molecular weight is 470 g/mol. The Hall–Kier alpha value is -3.90. The first-order valence-electron chi connectivity index (χ1n) is 11.7. The summed E-state index contributed by atoms with van der Waals surface area (Å²) in [4.78, 5) is 19.6. The predicted octanol–water partition coefficient (Wildman–Crippen LogP) is 5.37. The highest BCUT2D eigenvalue weighted by Crippen LogP contribution is 2.33. The van der Waals surface area contributed by atoms with Crippen LogP contribution in [0.1, 0.15) is 23.9 Å². The van der Waals surface area contributed by atoms with Crippen LogP contribution < -0.4 is 10.1 Å². The molecule has 180 valence electrons. The van der Waals surface area contributed by atoms with Gasteiger partial charge in [-0.25, -0.2) is 4.98 Å². The molecule has 0 fully saturated rings. The summed E-state index contributed by atoms with van der Waals surface area (Å²) >= 11 is 0. The molecule has 0 saturated heterocycles. The summed E-state index contributed by atoms with van der Waals surface area (Å²) in [6.45, 7) is 0.475. The summed E-state index contributed by atoms with van der Waals surface area (Å²) < 4.78 is 11.7. The Balaban J connectivity index is 1.45. The van der Waals surface area contributed by atoms with E-state index in [1.807, 2.05) is 99.0 Å². The molecule has 6 nitrogen and oxygen atoms in total. The first-order valence-corrected chi connectivity index (χ1v) is 11.7. The molecule has 0 aliphatic carbocycles. The van der Waals surface area contributed by atoms with Crippen molar-refractivity contribution in [3.63, 3.8) is 0 Å². The second kappa shape index (κ2) is 11.5. The van der Waals surface area contributed by atoms with Crippen molar-refractivity contribution in [2.24, 2.45) is 0 Å². The van der Waals surface area contributed by atoms with E-state index < -0.39 is 0 Å². The van der Waals surface area contributed by atoms with Crippen molar-refractivity contribution in [1.29, 1.82) is 0 Å². The summed E-state index contributed by atoms with van der Waals surface area (Å²) in [6, 6.07) is 27.8. The number of benzene rings is 3. The summed E-state index contributed by atoms with van der Waals surface area (Å²) in [6.07, 6.45) is 0.703. The van der Waals surface area contributed by atoms with Gasteiger partial charge in [-0.3, -0.25) is 4.79 Å². The number of aryl methyl sites for hydroxylation is 1. The minimum atomic E-state index is -0.0486. The average Bonchev–Trinajstić information content (AvgIpc) is 3.33. The van der Waals surface area contributed by atoms with E-state index in [9.17, 15) is 4.79 Å². The highest BCUT2D eigenvalue weighted by Gasteiger charge is 2.20. The van der Waals surface area contributed by atoms with E-state index >= 15 is 0 Å². The van der Waals surface area contributed by atoms with E-state index in [1.165, 1.54) is 0 Å². The number of hydrogen-bond acceptors (Lipinski definition) is 5. The zero-order valence-electron chi connectivity index (χ0n) is 20.4. The molecule has 1 aromatic heterocycles. The van der Waals surface area contributed by atoms with Crippen LogP contribution in [0.15, 0.2) is 89.3 Å². The van der Waals surface area contributed by atoms with Crippen molar-refractivity contribution >= 4 is 5.91 Å². The van der Waals surface area contributed by atoms with Gasteiger partial charge < -0.3 is 19.4 Å². The van der Waals surface area contributed by atoms with Crippen LogP contribution in [-0.4, -0.2) is 43.5 Å². The van der Waals surface area contributed by atoms with Gasteiger partial charge in [0.2, 0.25) is 5.91 Å². The van der Waals surface area contributed by atoms with Crippen molar-refractivity contribution in [2.75, 3.05) is 27.7 Å². The Labute approximate surface area is 206 Å². The fourth-order valence-electron chi connectivity index (χ4n) is 4.08. The van der Waals surface area contributed by atoms with Crippen LogP contribution in [0.5, 0.6) is 5.75 Å². The number of ether oxygens (including phenoxy) is 1. The first kappa shape index (κ1) is 24.2. The number of likely N-dealkylation sites (N-methyl/N-ethyl adjacent to an activating group) is 1. The molecule has 0 aliphatic rings. The lowest BCUT2D eigenvalue weighted by Crippen LogP contribution is -2.34. The summed E-state index contributed by atoms with van der Waals surface area (Å²) in [5.41, 5.74) is 3.76. The fraction of sp³-hybridized carbons (Fsp3) is 0.241. The fourth-order valence-corrected chi connectivity index (χ4v) is 4.08. The van der Waals surface area contributed by atoms with Crippen LogP contribution in [0.25, 0.3) is 22.6 Å². The SMILES string of the molecule is COc1ccccc1C(CNC(=O)CCc1nc(-c2ccccc2)c(-c2ccccc2)o1)N(C)C. The zero-order valence-corrected chi connectivity index (χ0v) is 20.4. The number of methoxy groups -OCH3 is 1. The van der Waals surface area contributed by atoms with E-state index in [2.05, 4.69) is 10.2 Å². The highest BCUT2D eigenvalue weighted by atomic mass is 16.5. The number of hydrogen-bond donors (Lipinski definition) is 1. The Bertz CT molecular complexity index is 1180. The van der Waals surface area contributed by atoms with Gasteiger partial charge in [-0.05, 0) is 20.2 Å². The van der Waals surface area contributed by atoms with Crippen molar-refractivity contribution in [2.45, 2.75) is 18.9 Å². The molecule has 3 aromatic carbocycles. The van der Waals surface area contributed by atoms with Gasteiger partial charge in [0.15, 0.2) is 11.7 Å². The number of amides is 1. The molecule has 0 saturated carbocycles. The van der Waals surface area contributed by atoms with Crippen molar-refractivity contribution in [1.82, 2.24) is 15.2 Å². The predicted molar refractivity (Wildman–Crippen MR) is 138 cm³/mol. The lowest BCUT2D eigenvalue weighted by Gasteiger charge is -2.26. The molecular formula is C29H31N3O3. The van der Waals surface area contributed by atoms with Gasteiger partial charge >= 0.3 is 0 Å². The van der Waals surface area contributed by atoms with Crippen LogP contribution in [-0.2, 0) is 11.2 Å². The third-order valence-corrected chi connectivity index (χ3v) is 5.93. The molecule has 1 N–H and O–H groups in total. The van der Waals surface area contributed by atoms with Gasteiger partial charge in [0, 0.05) is 36.1 Å².